The average Bonchev–Trinajstić information content (AvgIpc) is 3.00. The molecular formula is C15H9FN2S. The van der Waals surface area contributed by atoms with Gasteiger partial charge in [-0.05, 0) is 35.7 Å². The summed E-state index contributed by atoms with van der Waals surface area (Å²) in [5.74, 6) is 0.633. The minimum Gasteiger partial charge on any atom is -0.337 e. The van der Waals surface area contributed by atoms with Crippen molar-refractivity contribution in [1.29, 1.82) is 0 Å². The number of benzene rings is 2. The van der Waals surface area contributed by atoms with Crippen LogP contribution in [0.5, 0.6) is 0 Å². The number of hydrogen-bond donors (Lipinski definition) is 1. The van der Waals surface area contributed by atoms with Gasteiger partial charge in [0, 0.05) is 4.70 Å². The van der Waals surface area contributed by atoms with E-state index in [2.05, 4.69) is 9.97 Å². The molecule has 0 saturated heterocycles. The summed E-state index contributed by atoms with van der Waals surface area (Å²) < 4.78 is 14.1. The summed E-state index contributed by atoms with van der Waals surface area (Å²) in [5, 5.41) is 1.04. The number of nitrogens with one attached hydrogen (secondary N) is 1. The number of aromatic nitrogens is 2. The van der Waals surface area contributed by atoms with Crippen LogP contribution in [-0.4, -0.2) is 9.97 Å². The molecule has 0 fully saturated rings. The van der Waals surface area contributed by atoms with Gasteiger partial charge in [0.25, 0.3) is 0 Å². The fraction of sp³-hybridized carbons (Fsp3) is 0. The number of thiophene rings is 1. The smallest absolute Gasteiger partial charge is 0.148 e. The van der Waals surface area contributed by atoms with Gasteiger partial charge < -0.3 is 4.98 Å². The molecule has 0 radical (unpaired) electrons. The number of halogens is 1. The molecule has 0 spiro atoms. The van der Waals surface area contributed by atoms with Crippen molar-refractivity contribution in [3.8, 4) is 10.7 Å². The largest absolute Gasteiger partial charge is 0.337 e. The minimum atomic E-state index is -0.203. The second-order valence-electron chi connectivity index (χ2n) is 4.40. The van der Waals surface area contributed by atoms with Gasteiger partial charge in [-0.15, -0.1) is 11.3 Å². The first-order chi connectivity index (χ1) is 9.29. The molecule has 2 aromatic heterocycles. The summed E-state index contributed by atoms with van der Waals surface area (Å²) in [5.41, 5.74) is 1.96. The zero-order valence-electron chi connectivity index (χ0n) is 9.85. The van der Waals surface area contributed by atoms with Crippen molar-refractivity contribution >= 4 is 32.5 Å². The maximum Gasteiger partial charge on any atom is 0.148 e. The van der Waals surface area contributed by atoms with Crippen LogP contribution in [0.25, 0.3) is 31.8 Å². The third-order valence-corrected chi connectivity index (χ3v) is 4.21. The molecule has 0 atom stereocenters. The van der Waals surface area contributed by atoms with E-state index in [0.717, 1.165) is 31.8 Å². The highest BCUT2D eigenvalue weighted by Crippen LogP contribution is 2.33. The Balaban J connectivity index is 1.93. The zero-order chi connectivity index (χ0) is 12.8. The van der Waals surface area contributed by atoms with Crippen molar-refractivity contribution in [2.45, 2.75) is 0 Å². The van der Waals surface area contributed by atoms with Crippen LogP contribution >= 0.6 is 11.3 Å². The van der Waals surface area contributed by atoms with Crippen LogP contribution in [0.1, 0.15) is 0 Å². The van der Waals surface area contributed by atoms with Gasteiger partial charge in [0.05, 0.1) is 15.9 Å². The fourth-order valence-corrected chi connectivity index (χ4v) is 3.22. The van der Waals surface area contributed by atoms with E-state index in [1.807, 2.05) is 30.3 Å². The Bertz CT molecular complexity index is 858. The Morgan fingerprint density at radius 1 is 1.05 bits per heavy atom. The van der Waals surface area contributed by atoms with E-state index in [0.29, 0.717) is 0 Å². The third-order valence-electron chi connectivity index (χ3n) is 3.10. The molecule has 0 aliphatic heterocycles. The van der Waals surface area contributed by atoms with Crippen LogP contribution in [0.4, 0.5) is 4.39 Å². The molecular weight excluding hydrogens is 259 g/mol. The Morgan fingerprint density at radius 2 is 1.95 bits per heavy atom. The van der Waals surface area contributed by atoms with Crippen molar-refractivity contribution in [2.24, 2.45) is 0 Å². The predicted molar refractivity (Wildman–Crippen MR) is 76.9 cm³/mol. The Morgan fingerprint density at radius 3 is 2.84 bits per heavy atom. The van der Waals surface area contributed by atoms with E-state index in [-0.39, 0.29) is 5.82 Å². The average molecular weight is 268 g/mol. The van der Waals surface area contributed by atoms with Gasteiger partial charge in [-0.25, -0.2) is 9.37 Å². The van der Waals surface area contributed by atoms with Crippen molar-refractivity contribution < 1.29 is 4.39 Å². The highest BCUT2D eigenvalue weighted by Gasteiger charge is 2.09. The van der Waals surface area contributed by atoms with Gasteiger partial charge in [-0.3, -0.25) is 0 Å². The Hall–Kier alpha value is -2.20. The van der Waals surface area contributed by atoms with Crippen LogP contribution in [-0.2, 0) is 0 Å². The van der Waals surface area contributed by atoms with Crippen molar-refractivity contribution in [3.63, 3.8) is 0 Å². The molecule has 0 aliphatic rings. The molecule has 19 heavy (non-hydrogen) atoms. The summed E-state index contributed by atoms with van der Waals surface area (Å²) in [6.07, 6.45) is 0. The van der Waals surface area contributed by atoms with Gasteiger partial charge in [-0.2, -0.15) is 0 Å². The molecule has 2 nitrogen and oxygen atoms in total. The third kappa shape index (κ3) is 1.72. The lowest BCUT2D eigenvalue weighted by atomic mass is 10.2. The molecule has 0 unspecified atom stereocenters. The Labute approximate surface area is 112 Å². The molecule has 0 bridgehead atoms. The normalized spacial score (nSPS) is 11.4. The maximum absolute atomic E-state index is 13.2. The number of H-pyrrole nitrogens is 1. The Kier molecular flexibility index (Phi) is 2.19. The molecule has 0 amide bonds. The molecule has 2 aromatic carbocycles. The monoisotopic (exact) mass is 268 g/mol. The molecule has 92 valence electrons. The lowest BCUT2D eigenvalue weighted by Crippen LogP contribution is -1.72. The van der Waals surface area contributed by atoms with E-state index in [1.165, 1.54) is 6.07 Å². The standard InChI is InChI=1S/C15H9FN2S/c16-10-6-5-9-7-14(19-13(9)8-10)15-17-11-3-1-2-4-12(11)18-15/h1-8H,(H,17,18). The lowest BCUT2D eigenvalue weighted by Gasteiger charge is -1.87. The second kappa shape index (κ2) is 3.90. The molecule has 0 saturated carbocycles. The van der Waals surface area contributed by atoms with Crippen LogP contribution in [0.15, 0.2) is 48.5 Å². The van der Waals surface area contributed by atoms with Crippen molar-refractivity contribution in [1.82, 2.24) is 9.97 Å². The minimum absolute atomic E-state index is 0.203. The number of fused-ring (bicyclic) bond motifs is 2. The van der Waals surface area contributed by atoms with E-state index in [9.17, 15) is 4.39 Å². The number of aromatic amines is 1. The summed E-state index contributed by atoms with van der Waals surface area (Å²) in [4.78, 5) is 8.88. The van der Waals surface area contributed by atoms with E-state index < -0.39 is 0 Å². The van der Waals surface area contributed by atoms with Crippen LogP contribution in [0, 0.1) is 5.82 Å². The molecule has 2 heterocycles. The molecule has 4 aromatic rings. The van der Waals surface area contributed by atoms with Crippen molar-refractivity contribution in [3.05, 3.63) is 54.3 Å². The summed E-state index contributed by atoms with van der Waals surface area (Å²) in [6, 6.07) is 14.8. The second-order valence-corrected chi connectivity index (χ2v) is 5.48. The first-order valence-electron chi connectivity index (χ1n) is 5.94. The molecule has 4 rings (SSSR count). The highest BCUT2D eigenvalue weighted by molar-refractivity contribution is 7.22. The van der Waals surface area contributed by atoms with Crippen LogP contribution in [0.2, 0.25) is 0 Å². The summed E-state index contributed by atoms with van der Waals surface area (Å²) >= 11 is 1.55. The van der Waals surface area contributed by atoms with Gasteiger partial charge in [0.1, 0.15) is 11.6 Å². The molecule has 1 N–H and O–H groups in total. The van der Waals surface area contributed by atoms with Gasteiger partial charge in [0.2, 0.25) is 0 Å². The van der Waals surface area contributed by atoms with Gasteiger partial charge in [0.15, 0.2) is 0 Å². The topological polar surface area (TPSA) is 28.7 Å². The van der Waals surface area contributed by atoms with Gasteiger partial charge in [-0.1, -0.05) is 18.2 Å². The van der Waals surface area contributed by atoms with Gasteiger partial charge >= 0.3 is 0 Å². The quantitative estimate of drug-likeness (QED) is 0.537. The van der Waals surface area contributed by atoms with E-state index in [1.54, 1.807) is 23.5 Å². The highest BCUT2D eigenvalue weighted by atomic mass is 32.1. The number of hydrogen-bond acceptors (Lipinski definition) is 2. The number of para-hydroxylation sites is 2. The van der Waals surface area contributed by atoms with E-state index in [4.69, 9.17) is 0 Å². The number of rotatable bonds is 1. The van der Waals surface area contributed by atoms with E-state index >= 15 is 0 Å². The summed E-state index contributed by atoms with van der Waals surface area (Å²) in [6.45, 7) is 0. The fourth-order valence-electron chi connectivity index (χ4n) is 2.19. The first kappa shape index (κ1) is 10.7. The number of imidazole rings is 1. The predicted octanol–water partition coefficient (Wildman–Crippen LogP) is 4.58. The lowest BCUT2D eigenvalue weighted by molar-refractivity contribution is 0.630. The molecule has 0 aliphatic carbocycles. The SMILES string of the molecule is Fc1ccc2cc(-c3nc4ccccc4[nH]3)sc2c1. The van der Waals surface area contributed by atoms with Crippen molar-refractivity contribution in [2.75, 3.05) is 0 Å². The number of nitrogens with zero attached hydrogens (tertiary/aromatic N) is 1. The van der Waals surface area contributed by atoms with Crippen LogP contribution < -0.4 is 0 Å². The molecule has 4 heteroatoms. The summed E-state index contributed by atoms with van der Waals surface area (Å²) in [7, 11) is 0. The maximum atomic E-state index is 13.2. The van der Waals surface area contributed by atoms with Crippen LogP contribution in [0.3, 0.4) is 0 Å². The first-order valence-corrected chi connectivity index (χ1v) is 6.75. The zero-order valence-corrected chi connectivity index (χ0v) is 10.7.